The lowest BCUT2D eigenvalue weighted by molar-refractivity contribution is -0.139. The summed E-state index contributed by atoms with van der Waals surface area (Å²) in [5, 5.41) is 6.20. The predicted octanol–water partition coefficient (Wildman–Crippen LogP) is 2.04. The second kappa shape index (κ2) is 8.70. The minimum absolute atomic E-state index is 0.0314. The van der Waals surface area contributed by atoms with E-state index in [4.69, 9.17) is 4.74 Å². The summed E-state index contributed by atoms with van der Waals surface area (Å²) in [4.78, 5) is 26.6. The van der Waals surface area contributed by atoms with Crippen LogP contribution in [0.5, 0.6) is 0 Å². The second-order valence-electron chi connectivity index (χ2n) is 7.44. The van der Waals surface area contributed by atoms with E-state index in [9.17, 15) is 9.59 Å². The highest BCUT2D eigenvalue weighted by Gasteiger charge is 2.30. The molecule has 0 bridgehead atoms. The van der Waals surface area contributed by atoms with E-state index in [1.165, 1.54) is 19.3 Å². The lowest BCUT2D eigenvalue weighted by Gasteiger charge is -2.35. The smallest absolute Gasteiger partial charge is 0.315 e. The van der Waals surface area contributed by atoms with Gasteiger partial charge in [-0.3, -0.25) is 4.79 Å². The summed E-state index contributed by atoms with van der Waals surface area (Å²) >= 11 is 0. The largest absolute Gasteiger partial charge is 0.381 e. The first-order chi connectivity index (χ1) is 11.7. The molecule has 2 saturated heterocycles. The monoisotopic (exact) mass is 337 g/mol. The summed E-state index contributed by atoms with van der Waals surface area (Å²) in [6.45, 7) is 2.92. The van der Waals surface area contributed by atoms with Crippen LogP contribution in [0.3, 0.4) is 0 Å². The molecule has 3 rings (SSSR count). The second-order valence-corrected chi connectivity index (χ2v) is 7.44. The molecule has 0 unspecified atom stereocenters. The van der Waals surface area contributed by atoms with E-state index >= 15 is 0 Å². The van der Waals surface area contributed by atoms with E-state index < -0.39 is 0 Å². The van der Waals surface area contributed by atoms with E-state index in [1.807, 2.05) is 4.90 Å². The van der Waals surface area contributed by atoms with Crippen LogP contribution in [0, 0.1) is 5.92 Å². The van der Waals surface area contributed by atoms with Gasteiger partial charge >= 0.3 is 6.03 Å². The molecule has 0 aromatic rings. The van der Waals surface area contributed by atoms with E-state index in [0.29, 0.717) is 19.3 Å². The molecule has 2 N–H and O–H groups in total. The molecular weight excluding hydrogens is 306 g/mol. The maximum atomic E-state index is 12.5. The van der Waals surface area contributed by atoms with Gasteiger partial charge in [0.05, 0.1) is 0 Å². The van der Waals surface area contributed by atoms with Crippen molar-refractivity contribution in [2.45, 2.75) is 69.9 Å². The Balaban J connectivity index is 1.36. The third-order valence-corrected chi connectivity index (χ3v) is 5.65. The van der Waals surface area contributed by atoms with E-state index in [1.54, 1.807) is 0 Å². The maximum Gasteiger partial charge on any atom is 0.315 e. The average Bonchev–Trinajstić information content (AvgIpc) is 2.63. The molecule has 3 amide bonds. The molecule has 0 atom stereocenters. The molecule has 3 fully saturated rings. The quantitative estimate of drug-likeness (QED) is 0.828. The molecule has 1 saturated carbocycles. The van der Waals surface area contributed by atoms with Gasteiger partial charge in [0.1, 0.15) is 0 Å². The number of piperidine rings is 1. The molecule has 0 spiro atoms. The van der Waals surface area contributed by atoms with Crippen LogP contribution in [0.15, 0.2) is 0 Å². The minimum Gasteiger partial charge on any atom is -0.381 e. The number of ether oxygens (including phenoxy) is 1. The number of nitrogens with zero attached hydrogens (tertiary/aromatic N) is 1. The van der Waals surface area contributed by atoms with Gasteiger partial charge in [-0.25, -0.2) is 4.79 Å². The first kappa shape index (κ1) is 17.5. The van der Waals surface area contributed by atoms with Gasteiger partial charge in [0.25, 0.3) is 0 Å². The Hall–Kier alpha value is -1.30. The van der Waals surface area contributed by atoms with Crippen LogP contribution in [-0.4, -0.2) is 55.2 Å². The molecule has 2 aliphatic heterocycles. The molecule has 0 radical (unpaired) electrons. The maximum absolute atomic E-state index is 12.5. The normalized spacial score (nSPS) is 24.6. The van der Waals surface area contributed by atoms with Crippen molar-refractivity contribution in [1.29, 1.82) is 0 Å². The number of rotatable bonds is 3. The van der Waals surface area contributed by atoms with Crippen LogP contribution in [0.2, 0.25) is 0 Å². The van der Waals surface area contributed by atoms with Crippen molar-refractivity contribution in [3.05, 3.63) is 0 Å². The standard InChI is InChI=1S/C18H31N3O3/c22-17(14-8-12-24-13-9-14)21-10-6-16(7-11-21)20-18(23)19-15-4-2-1-3-5-15/h14-16H,1-13H2,(H2,19,20,23). The van der Waals surface area contributed by atoms with Crippen molar-refractivity contribution in [3.63, 3.8) is 0 Å². The highest BCUT2D eigenvalue weighted by molar-refractivity contribution is 5.79. The van der Waals surface area contributed by atoms with Crippen molar-refractivity contribution < 1.29 is 14.3 Å². The number of hydrogen-bond donors (Lipinski definition) is 2. The number of urea groups is 1. The topological polar surface area (TPSA) is 70.7 Å². The predicted molar refractivity (Wildman–Crippen MR) is 91.7 cm³/mol. The van der Waals surface area contributed by atoms with Crippen molar-refractivity contribution in [1.82, 2.24) is 15.5 Å². The van der Waals surface area contributed by atoms with Gasteiger partial charge in [-0.1, -0.05) is 19.3 Å². The number of carbonyl (C=O) groups excluding carboxylic acids is 2. The van der Waals surface area contributed by atoms with Crippen LogP contribution >= 0.6 is 0 Å². The van der Waals surface area contributed by atoms with Gasteiger partial charge in [-0.05, 0) is 38.5 Å². The Morgan fingerprint density at radius 2 is 1.38 bits per heavy atom. The van der Waals surface area contributed by atoms with Crippen molar-refractivity contribution >= 4 is 11.9 Å². The zero-order valence-electron chi connectivity index (χ0n) is 14.6. The number of amides is 3. The minimum atomic E-state index is -0.0314. The van der Waals surface area contributed by atoms with Crippen molar-refractivity contribution in [2.75, 3.05) is 26.3 Å². The molecule has 3 aliphatic rings. The van der Waals surface area contributed by atoms with Crippen LogP contribution in [0.25, 0.3) is 0 Å². The Morgan fingerprint density at radius 1 is 0.792 bits per heavy atom. The number of nitrogens with one attached hydrogen (secondary N) is 2. The average molecular weight is 337 g/mol. The number of carbonyl (C=O) groups is 2. The molecule has 6 nitrogen and oxygen atoms in total. The molecule has 1 aliphatic carbocycles. The lowest BCUT2D eigenvalue weighted by atomic mass is 9.95. The third kappa shape index (κ3) is 4.85. The fourth-order valence-electron chi connectivity index (χ4n) is 4.11. The molecule has 2 heterocycles. The number of likely N-dealkylation sites (tertiary alicyclic amines) is 1. The Bertz CT molecular complexity index is 423. The Kier molecular flexibility index (Phi) is 6.35. The van der Waals surface area contributed by atoms with Gasteiger partial charge in [-0.15, -0.1) is 0 Å². The van der Waals surface area contributed by atoms with Crippen LogP contribution in [0.1, 0.15) is 57.8 Å². The summed E-state index contributed by atoms with van der Waals surface area (Å²) in [7, 11) is 0. The zero-order valence-corrected chi connectivity index (χ0v) is 14.6. The first-order valence-electron chi connectivity index (χ1n) is 9.66. The van der Waals surface area contributed by atoms with Gasteiger partial charge < -0.3 is 20.3 Å². The molecule has 6 heteroatoms. The van der Waals surface area contributed by atoms with Crippen molar-refractivity contribution in [3.8, 4) is 0 Å². The SMILES string of the molecule is O=C(NC1CCCCC1)NC1CCN(C(=O)C2CCOCC2)CC1. The first-order valence-corrected chi connectivity index (χ1v) is 9.66. The molecule has 0 aromatic carbocycles. The molecular formula is C18H31N3O3. The summed E-state index contributed by atoms with van der Waals surface area (Å²) < 4.78 is 5.34. The fourth-order valence-corrected chi connectivity index (χ4v) is 4.11. The lowest BCUT2D eigenvalue weighted by Crippen LogP contribution is -2.52. The fraction of sp³-hybridized carbons (Fsp3) is 0.889. The van der Waals surface area contributed by atoms with E-state index in [0.717, 1.165) is 51.6 Å². The molecule has 0 aromatic heterocycles. The van der Waals surface area contributed by atoms with E-state index in [2.05, 4.69) is 10.6 Å². The summed E-state index contributed by atoms with van der Waals surface area (Å²) in [5.74, 6) is 0.418. The van der Waals surface area contributed by atoms with Gasteiger partial charge in [0, 0.05) is 44.3 Å². The van der Waals surface area contributed by atoms with Crippen LogP contribution in [0.4, 0.5) is 4.79 Å². The van der Waals surface area contributed by atoms with Crippen LogP contribution < -0.4 is 10.6 Å². The zero-order chi connectivity index (χ0) is 16.8. The van der Waals surface area contributed by atoms with Crippen LogP contribution in [-0.2, 0) is 9.53 Å². The van der Waals surface area contributed by atoms with Crippen molar-refractivity contribution in [2.24, 2.45) is 5.92 Å². The van der Waals surface area contributed by atoms with Gasteiger partial charge in [0.2, 0.25) is 5.91 Å². The van der Waals surface area contributed by atoms with Gasteiger partial charge in [0.15, 0.2) is 0 Å². The highest BCUT2D eigenvalue weighted by atomic mass is 16.5. The Labute approximate surface area is 144 Å². The highest BCUT2D eigenvalue weighted by Crippen LogP contribution is 2.21. The molecule has 136 valence electrons. The van der Waals surface area contributed by atoms with Gasteiger partial charge in [-0.2, -0.15) is 0 Å². The third-order valence-electron chi connectivity index (χ3n) is 5.65. The van der Waals surface area contributed by atoms with E-state index in [-0.39, 0.29) is 23.9 Å². The number of hydrogen-bond acceptors (Lipinski definition) is 3. The summed E-state index contributed by atoms with van der Waals surface area (Å²) in [6.07, 6.45) is 9.34. The summed E-state index contributed by atoms with van der Waals surface area (Å²) in [5.41, 5.74) is 0. The summed E-state index contributed by atoms with van der Waals surface area (Å²) in [6, 6.07) is 0.498. The Morgan fingerprint density at radius 3 is 2.00 bits per heavy atom. The molecule has 24 heavy (non-hydrogen) atoms.